The van der Waals surface area contributed by atoms with Crippen molar-refractivity contribution in [1.82, 2.24) is 4.90 Å². The monoisotopic (exact) mass is 262 g/mol. The number of carbonyl (C=O) groups excluding carboxylic acids is 1. The van der Waals surface area contributed by atoms with Crippen LogP contribution in [0.2, 0.25) is 0 Å². The van der Waals surface area contributed by atoms with Gasteiger partial charge in [-0.1, -0.05) is 6.07 Å². The molecule has 1 heterocycles. The summed E-state index contributed by atoms with van der Waals surface area (Å²) in [5.74, 6) is 0.000809. The first-order valence-corrected chi connectivity index (χ1v) is 6.81. The van der Waals surface area contributed by atoms with Gasteiger partial charge in [-0.05, 0) is 43.9 Å². The van der Waals surface area contributed by atoms with E-state index < -0.39 is 0 Å². The third-order valence-electron chi connectivity index (χ3n) is 3.62. The van der Waals surface area contributed by atoms with Gasteiger partial charge in [0.05, 0.1) is 6.10 Å². The normalized spacial score (nSPS) is 19.2. The molecule has 1 amide bonds. The molecule has 0 saturated carbocycles. The fraction of sp³-hybridized carbons (Fsp3) is 0.533. The molecule has 1 unspecified atom stereocenters. The van der Waals surface area contributed by atoms with Crippen LogP contribution in [0.1, 0.15) is 35.2 Å². The van der Waals surface area contributed by atoms with Gasteiger partial charge in [-0.3, -0.25) is 4.79 Å². The van der Waals surface area contributed by atoms with Crippen LogP contribution in [0.25, 0.3) is 0 Å². The molecule has 0 bridgehead atoms. The van der Waals surface area contributed by atoms with Gasteiger partial charge in [0.1, 0.15) is 0 Å². The first-order valence-electron chi connectivity index (χ1n) is 6.81. The summed E-state index contributed by atoms with van der Waals surface area (Å²) in [5, 5.41) is 0. The number of rotatable bonds is 3. The van der Waals surface area contributed by atoms with Crippen molar-refractivity contribution in [3.63, 3.8) is 0 Å². The summed E-state index contributed by atoms with van der Waals surface area (Å²) in [6.07, 6.45) is 3.52. The van der Waals surface area contributed by atoms with E-state index in [-0.39, 0.29) is 12.0 Å². The van der Waals surface area contributed by atoms with Gasteiger partial charge in [-0.15, -0.1) is 0 Å². The third kappa shape index (κ3) is 3.47. The highest BCUT2D eigenvalue weighted by Gasteiger charge is 2.19. The maximum atomic E-state index is 12.3. The summed E-state index contributed by atoms with van der Waals surface area (Å²) < 4.78 is 5.66. The van der Waals surface area contributed by atoms with Gasteiger partial charge >= 0.3 is 0 Å². The van der Waals surface area contributed by atoms with Gasteiger partial charge in [0.2, 0.25) is 0 Å². The van der Waals surface area contributed by atoms with Crippen LogP contribution in [0.15, 0.2) is 18.2 Å². The second kappa shape index (κ2) is 6.06. The van der Waals surface area contributed by atoms with Crippen molar-refractivity contribution in [1.29, 1.82) is 0 Å². The Morgan fingerprint density at radius 2 is 2.26 bits per heavy atom. The lowest BCUT2D eigenvalue weighted by atomic mass is 10.1. The maximum Gasteiger partial charge on any atom is 0.253 e. The van der Waals surface area contributed by atoms with Crippen LogP contribution in [0.4, 0.5) is 5.69 Å². The number of nitrogens with zero attached hydrogens (tertiary/aromatic N) is 1. The molecule has 0 radical (unpaired) electrons. The summed E-state index contributed by atoms with van der Waals surface area (Å²) in [5.41, 5.74) is 8.14. The number of hydrogen-bond acceptors (Lipinski definition) is 3. The fourth-order valence-electron chi connectivity index (χ4n) is 2.33. The smallest absolute Gasteiger partial charge is 0.253 e. The van der Waals surface area contributed by atoms with Crippen molar-refractivity contribution in [3.05, 3.63) is 29.3 Å². The molecule has 0 aliphatic carbocycles. The topological polar surface area (TPSA) is 55.6 Å². The zero-order valence-corrected chi connectivity index (χ0v) is 11.7. The minimum atomic E-state index is 0.000809. The van der Waals surface area contributed by atoms with E-state index in [1.54, 1.807) is 11.0 Å². The lowest BCUT2D eigenvalue weighted by Gasteiger charge is -2.27. The molecule has 2 rings (SSSR count). The van der Waals surface area contributed by atoms with Gasteiger partial charge in [-0.2, -0.15) is 0 Å². The van der Waals surface area contributed by atoms with Crippen molar-refractivity contribution < 1.29 is 9.53 Å². The summed E-state index contributed by atoms with van der Waals surface area (Å²) >= 11 is 0. The second-order valence-corrected chi connectivity index (χ2v) is 5.25. The van der Waals surface area contributed by atoms with Crippen molar-refractivity contribution in [2.75, 3.05) is 25.9 Å². The Kier molecular flexibility index (Phi) is 4.43. The SMILES string of the molecule is Cc1ccc(C(=O)N(C)CC2CCCCO2)cc1N. The number of benzene rings is 1. The van der Waals surface area contributed by atoms with E-state index in [4.69, 9.17) is 10.5 Å². The first kappa shape index (κ1) is 13.9. The predicted molar refractivity (Wildman–Crippen MR) is 76.1 cm³/mol. The molecule has 0 aromatic heterocycles. The Balaban J connectivity index is 1.99. The molecule has 104 valence electrons. The summed E-state index contributed by atoms with van der Waals surface area (Å²) in [6.45, 7) is 3.39. The van der Waals surface area contributed by atoms with Gasteiger partial charge < -0.3 is 15.4 Å². The van der Waals surface area contributed by atoms with Crippen molar-refractivity contribution in [2.24, 2.45) is 0 Å². The Bertz CT molecular complexity index is 453. The molecule has 1 aromatic rings. The maximum absolute atomic E-state index is 12.3. The molecule has 4 heteroatoms. The zero-order valence-electron chi connectivity index (χ0n) is 11.7. The van der Waals surface area contributed by atoms with E-state index in [0.717, 1.165) is 25.0 Å². The quantitative estimate of drug-likeness (QED) is 0.850. The van der Waals surface area contributed by atoms with Gasteiger partial charge in [0.15, 0.2) is 0 Å². The highest BCUT2D eigenvalue weighted by molar-refractivity contribution is 5.95. The predicted octanol–water partition coefficient (Wildman–Crippen LogP) is 2.22. The molecule has 1 aliphatic rings. The Hall–Kier alpha value is -1.55. The molecule has 0 spiro atoms. The molecular formula is C15H22N2O2. The number of anilines is 1. The first-order chi connectivity index (χ1) is 9.08. The Morgan fingerprint density at radius 1 is 1.47 bits per heavy atom. The van der Waals surface area contributed by atoms with Crippen LogP contribution in [0.5, 0.6) is 0 Å². The number of aryl methyl sites for hydroxylation is 1. The second-order valence-electron chi connectivity index (χ2n) is 5.25. The van der Waals surface area contributed by atoms with Crippen molar-refractivity contribution in [2.45, 2.75) is 32.3 Å². The van der Waals surface area contributed by atoms with Crippen LogP contribution >= 0.6 is 0 Å². The van der Waals surface area contributed by atoms with E-state index in [1.165, 1.54) is 6.42 Å². The minimum Gasteiger partial charge on any atom is -0.398 e. The Labute approximate surface area is 114 Å². The van der Waals surface area contributed by atoms with Crippen molar-refractivity contribution >= 4 is 11.6 Å². The largest absolute Gasteiger partial charge is 0.398 e. The molecular weight excluding hydrogens is 240 g/mol. The van der Waals surface area contributed by atoms with E-state index in [2.05, 4.69) is 0 Å². The molecule has 4 nitrogen and oxygen atoms in total. The number of ether oxygens (including phenoxy) is 1. The number of amides is 1. The van der Waals surface area contributed by atoms with Gasteiger partial charge in [0.25, 0.3) is 5.91 Å². The van der Waals surface area contributed by atoms with Crippen LogP contribution in [0, 0.1) is 6.92 Å². The Morgan fingerprint density at radius 3 is 2.89 bits per heavy atom. The lowest BCUT2D eigenvalue weighted by Crippen LogP contribution is -2.37. The van der Waals surface area contributed by atoms with E-state index >= 15 is 0 Å². The van der Waals surface area contributed by atoms with E-state index in [9.17, 15) is 4.79 Å². The van der Waals surface area contributed by atoms with Crippen LogP contribution in [-0.4, -0.2) is 37.1 Å². The molecule has 1 saturated heterocycles. The number of nitrogens with two attached hydrogens (primary N) is 1. The molecule has 1 atom stereocenters. The van der Waals surface area contributed by atoms with Crippen LogP contribution in [-0.2, 0) is 4.74 Å². The van der Waals surface area contributed by atoms with E-state index in [1.807, 2.05) is 26.1 Å². The van der Waals surface area contributed by atoms with Crippen molar-refractivity contribution in [3.8, 4) is 0 Å². The van der Waals surface area contributed by atoms with Crippen LogP contribution < -0.4 is 5.73 Å². The average molecular weight is 262 g/mol. The van der Waals surface area contributed by atoms with Gasteiger partial charge in [-0.25, -0.2) is 0 Å². The number of likely N-dealkylation sites (N-methyl/N-ethyl adjacent to an activating group) is 1. The van der Waals surface area contributed by atoms with Crippen LogP contribution in [0.3, 0.4) is 0 Å². The molecule has 1 aliphatic heterocycles. The third-order valence-corrected chi connectivity index (χ3v) is 3.62. The average Bonchev–Trinajstić information content (AvgIpc) is 2.42. The van der Waals surface area contributed by atoms with Gasteiger partial charge in [0, 0.05) is 31.5 Å². The molecule has 1 aromatic carbocycles. The number of hydrogen-bond donors (Lipinski definition) is 1. The fourth-order valence-corrected chi connectivity index (χ4v) is 2.33. The summed E-state index contributed by atoms with van der Waals surface area (Å²) in [6, 6.07) is 5.45. The lowest BCUT2D eigenvalue weighted by molar-refractivity contribution is -0.000185. The summed E-state index contributed by atoms with van der Waals surface area (Å²) in [4.78, 5) is 14.0. The number of carbonyl (C=O) groups is 1. The molecule has 2 N–H and O–H groups in total. The standard InChI is InChI=1S/C15H22N2O2/c1-11-6-7-12(9-14(11)16)15(18)17(2)10-13-5-3-4-8-19-13/h6-7,9,13H,3-5,8,10,16H2,1-2H3. The minimum absolute atomic E-state index is 0.000809. The molecule has 1 fully saturated rings. The highest BCUT2D eigenvalue weighted by Crippen LogP contribution is 2.17. The highest BCUT2D eigenvalue weighted by atomic mass is 16.5. The summed E-state index contributed by atoms with van der Waals surface area (Å²) in [7, 11) is 1.82. The number of nitrogen functional groups attached to an aromatic ring is 1. The van der Waals surface area contributed by atoms with E-state index in [0.29, 0.717) is 17.8 Å². The molecule has 19 heavy (non-hydrogen) atoms. The zero-order chi connectivity index (χ0) is 13.8.